The number of rotatable bonds is 8. The van der Waals surface area contributed by atoms with E-state index in [9.17, 15) is 9.59 Å². The molecule has 0 fully saturated rings. The summed E-state index contributed by atoms with van der Waals surface area (Å²) in [5, 5.41) is 9.56. The standard InChI is InChI=1S/C19H19N3O5S2/c1-25-13-7-11(8-14(26-2)17(13)27-3)18(24)20-9-16(23)22-19-21-12(10-29-19)15-5-4-6-28-15/h4-8,10H,9H2,1-3H3,(H,20,24)(H,21,22,23). The number of anilines is 1. The van der Waals surface area contributed by atoms with Gasteiger partial charge in [0.05, 0.1) is 38.4 Å². The number of amides is 2. The monoisotopic (exact) mass is 433 g/mol. The Balaban J connectivity index is 1.61. The van der Waals surface area contributed by atoms with E-state index in [2.05, 4.69) is 15.6 Å². The Morgan fingerprint density at radius 2 is 1.79 bits per heavy atom. The normalized spacial score (nSPS) is 10.3. The van der Waals surface area contributed by atoms with E-state index in [1.54, 1.807) is 11.3 Å². The number of carbonyl (C=O) groups is 2. The molecule has 0 unspecified atom stereocenters. The lowest BCUT2D eigenvalue weighted by Crippen LogP contribution is -2.32. The predicted molar refractivity (Wildman–Crippen MR) is 112 cm³/mol. The van der Waals surface area contributed by atoms with Crippen molar-refractivity contribution in [2.75, 3.05) is 33.2 Å². The van der Waals surface area contributed by atoms with Crippen molar-refractivity contribution in [1.29, 1.82) is 0 Å². The van der Waals surface area contributed by atoms with Crippen LogP contribution in [-0.4, -0.2) is 44.7 Å². The molecule has 3 rings (SSSR count). The third kappa shape index (κ3) is 4.84. The average molecular weight is 434 g/mol. The minimum Gasteiger partial charge on any atom is -0.493 e. The fourth-order valence-corrected chi connectivity index (χ4v) is 3.99. The van der Waals surface area contributed by atoms with E-state index in [4.69, 9.17) is 14.2 Å². The first-order chi connectivity index (χ1) is 14.0. The van der Waals surface area contributed by atoms with E-state index in [0.29, 0.717) is 22.4 Å². The second-order valence-corrected chi connectivity index (χ2v) is 7.47. The van der Waals surface area contributed by atoms with Gasteiger partial charge in [-0.15, -0.1) is 22.7 Å². The molecular weight excluding hydrogens is 414 g/mol. The maximum atomic E-state index is 12.4. The van der Waals surface area contributed by atoms with Crippen LogP contribution < -0.4 is 24.8 Å². The first-order valence-corrected chi connectivity index (χ1v) is 10.2. The first kappa shape index (κ1) is 20.6. The van der Waals surface area contributed by atoms with Crippen molar-refractivity contribution in [3.8, 4) is 27.8 Å². The fourth-order valence-electron chi connectivity index (χ4n) is 2.51. The van der Waals surface area contributed by atoms with Crippen LogP contribution in [0, 0.1) is 0 Å². The van der Waals surface area contributed by atoms with E-state index < -0.39 is 5.91 Å². The number of thiophene rings is 1. The smallest absolute Gasteiger partial charge is 0.251 e. The van der Waals surface area contributed by atoms with Gasteiger partial charge in [0, 0.05) is 10.9 Å². The van der Waals surface area contributed by atoms with Gasteiger partial charge in [-0.2, -0.15) is 0 Å². The minimum absolute atomic E-state index is 0.205. The van der Waals surface area contributed by atoms with Crippen LogP contribution >= 0.6 is 22.7 Å². The molecule has 152 valence electrons. The Kier molecular flexibility index (Phi) is 6.68. The molecule has 0 radical (unpaired) electrons. The molecule has 0 aliphatic carbocycles. The molecule has 3 aromatic rings. The number of carbonyl (C=O) groups excluding carboxylic acids is 2. The summed E-state index contributed by atoms with van der Waals surface area (Å²) in [5.41, 5.74) is 1.09. The lowest BCUT2D eigenvalue weighted by atomic mass is 10.1. The maximum Gasteiger partial charge on any atom is 0.251 e. The summed E-state index contributed by atoms with van der Waals surface area (Å²) in [7, 11) is 4.41. The number of hydrogen-bond acceptors (Lipinski definition) is 8. The van der Waals surface area contributed by atoms with Gasteiger partial charge in [0.1, 0.15) is 0 Å². The van der Waals surface area contributed by atoms with Gasteiger partial charge in [0.15, 0.2) is 16.6 Å². The van der Waals surface area contributed by atoms with Crippen LogP contribution in [0.4, 0.5) is 5.13 Å². The summed E-state index contributed by atoms with van der Waals surface area (Å²) in [6, 6.07) is 6.94. The molecule has 0 saturated heterocycles. The predicted octanol–water partition coefficient (Wildman–Crippen LogP) is 3.27. The summed E-state index contributed by atoms with van der Waals surface area (Å²) in [6.45, 7) is -0.205. The van der Waals surface area contributed by atoms with E-state index in [0.717, 1.165) is 10.6 Å². The van der Waals surface area contributed by atoms with Crippen LogP contribution in [0.1, 0.15) is 10.4 Å². The molecule has 2 heterocycles. The van der Waals surface area contributed by atoms with Crippen molar-refractivity contribution in [2.24, 2.45) is 0 Å². The topological polar surface area (TPSA) is 98.8 Å². The SMILES string of the molecule is COc1cc(C(=O)NCC(=O)Nc2nc(-c3cccs3)cs2)cc(OC)c1OC. The minimum atomic E-state index is -0.446. The highest BCUT2D eigenvalue weighted by Crippen LogP contribution is 2.38. The van der Waals surface area contributed by atoms with Gasteiger partial charge in [-0.1, -0.05) is 6.07 Å². The van der Waals surface area contributed by atoms with E-state index in [1.165, 1.54) is 44.8 Å². The van der Waals surface area contributed by atoms with Crippen molar-refractivity contribution < 1.29 is 23.8 Å². The molecule has 0 atom stereocenters. The molecule has 10 heteroatoms. The Morgan fingerprint density at radius 1 is 1.07 bits per heavy atom. The quantitative estimate of drug-likeness (QED) is 0.566. The molecule has 0 aliphatic heterocycles. The second-order valence-electron chi connectivity index (χ2n) is 5.66. The summed E-state index contributed by atoms with van der Waals surface area (Å²) >= 11 is 2.90. The third-order valence-corrected chi connectivity index (χ3v) is 5.51. The summed E-state index contributed by atoms with van der Waals surface area (Å²) in [4.78, 5) is 30.0. The molecule has 2 aromatic heterocycles. The number of nitrogens with zero attached hydrogens (tertiary/aromatic N) is 1. The van der Waals surface area contributed by atoms with Crippen molar-refractivity contribution in [3.63, 3.8) is 0 Å². The molecule has 0 spiro atoms. The van der Waals surface area contributed by atoms with Gasteiger partial charge in [-0.3, -0.25) is 9.59 Å². The molecule has 0 saturated carbocycles. The van der Waals surface area contributed by atoms with Crippen LogP contribution in [-0.2, 0) is 4.79 Å². The number of aromatic nitrogens is 1. The Bertz CT molecular complexity index is 976. The lowest BCUT2D eigenvalue weighted by molar-refractivity contribution is -0.115. The maximum absolute atomic E-state index is 12.4. The van der Waals surface area contributed by atoms with Gasteiger partial charge in [-0.25, -0.2) is 4.98 Å². The number of ether oxygens (including phenoxy) is 3. The zero-order valence-electron chi connectivity index (χ0n) is 16.0. The van der Waals surface area contributed by atoms with Gasteiger partial charge < -0.3 is 24.8 Å². The number of benzene rings is 1. The second kappa shape index (κ2) is 9.39. The summed E-state index contributed by atoms with van der Waals surface area (Å²) < 4.78 is 15.7. The third-order valence-electron chi connectivity index (χ3n) is 3.86. The van der Waals surface area contributed by atoms with Crippen LogP contribution in [0.3, 0.4) is 0 Å². The van der Waals surface area contributed by atoms with Crippen molar-refractivity contribution in [2.45, 2.75) is 0 Å². The Morgan fingerprint density at radius 3 is 2.38 bits per heavy atom. The largest absolute Gasteiger partial charge is 0.493 e. The van der Waals surface area contributed by atoms with Crippen LogP contribution in [0.15, 0.2) is 35.0 Å². The van der Waals surface area contributed by atoms with Crippen molar-refractivity contribution in [1.82, 2.24) is 10.3 Å². The van der Waals surface area contributed by atoms with Gasteiger partial charge in [0.2, 0.25) is 11.7 Å². The summed E-state index contributed by atoms with van der Waals surface area (Å²) in [6.07, 6.45) is 0. The van der Waals surface area contributed by atoms with E-state index >= 15 is 0 Å². The number of nitrogens with one attached hydrogen (secondary N) is 2. The van der Waals surface area contributed by atoms with Crippen LogP contribution in [0.2, 0.25) is 0 Å². The zero-order valence-corrected chi connectivity index (χ0v) is 17.6. The fraction of sp³-hybridized carbons (Fsp3) is 0.211. The van der Waals surface area contributed by atoms with Gasteiger partial charge in [-0.05, 0) is 23.6 Å². The summed E-state index contributed by atoms with van der Waals surface area (Å²) in [5.74, 6) is 0.265. The number of thiazole rings is 1. The van der Waals surface area contributed by atoms with E-state index in [-0.39, 0.29) is 18.0 Å². The molecule has 2 N–H and O–H groups in total. The molecule has 29 heavy (non-hydrogen) atoms. The van der Waals surface area contributed by atoms with Crippen molar-refractivity contribution in [3.05, 3.63) is 40.6 Å². The zero-order chi connectivity index (χ0) is 20.8. The first-order valence-electron chi connectivity index (χ1n) is 8.43. The van der Waals surface area contributed by atoms with E-state index in [1.807, 2.05) is 22.9 Å². The van der Waals surface area contributed by atoms with Gasteiger partial charge >= 0.3 is 0 Å². The highest BCUT2D eigenvalue weighted by molar-refractivity contribution is 7.16. The average Bonchev–Trinajstić information content (AvgIpc) is 3.42. The number of hydrogen-bond donors (Lipinski definition) is 2. The molecule has 0 bridgehead atoms. The molecule has 8 nitrogen and oxygen atoms in total. The number of methoxy groups -OCH3 is 3. The van der Waals surface area contributed by atoms with Crippen LogP contribution in [0.25, 0.3) is 10.6 Å². The highest BCUT2D eigenvalue weighted by Gasteiger charge is 2.17. The molecule has 0 aliphatic rings. The molecule has 1 aromatic carbocycles. The van der Waals surface area contributed by atoms with Crippen LogP contribution in [0.5, 0.6) is 17.2 Å². The van der Waals surface area contributed by atoms with Crippen molar-refractivity contribution >= 4 is 39.6 Å². The molecular formula is C19H19N3O5S2. The Hall–Kier alpha value is -3.11. The highest BCUT2D eigenvalue weighted by atomic mass is 32.1. The molecule has 2 amide bonds. The van der Waals surface area contributed by atoms with Gasteiger partial charge in [0.25, 0.3) is 5.91 Å². The lowest BCUT2D eigenvalue weighted by Gasteiger charge is -2.14. The Labute approximate surface area is 175 Å².